The van der Waals surface area contributed by atoms with Crippen LogP contribution in [0.2, 0.25) is 0 Å². The SMILES string of the molecule is C[C@@H](Oc1cccc([N+](=O)[O-])c1NCC(F)(F)F)c1ccccn1. The number of para-hydroxylation sites is 1. The van der Waals surface area contributed by atoms with Crippen molar-refractivity contribution in [3.63, 3.8) is 0 Å². The van der Waals surface area contributed by atoms with Gasteiger partial charge in [0.05, 0.1) is 10.6 Å². The summed E-state index contributed by atoms with van der Waals surface area (Å²) in [6, 6.07) is 8.95. The molecule has 0 spiro atoms. The number of halogens is 3. The molecule has 0 aliphatic carbocycles. The molecule has 1 N–H and O–H groups in total. The maximum absolute atomic E-state index is 12.5. The predicted octanol–water partition coefficient (Wildman–Crippen LogP) is 4.10. The van der Waals surface area contributed by atoms with E-state index in [9.17, 15) is 23.3 Å². The average molecular weight is 341 g/mol. The maximum atomic E-state index is 12.5. The summed E-state index contributed by atoms with van der Waals surface area (Å²) in [5.41, 5.74) is -0.265. The largest absolute Gasteiger partial charge is 0.482 e. The van der Waals surface area contributed by atoms with Gasteiger partial charge in [-0.15, -0.1) is 0 Å². The fourth-order valence-electron chi connectivity index (χ4n) is 2.00. The second-order valence-corrected chi connectivity index (χ2v) is 4.89. The number of hydrogen-bond donors (Lipinski definition) is 1. The van der Waals surface area contributed by atoms with Crippen molar-refractivity contribution in [2.45, 2.75) is 19.2 Å². The molecular weight excluding hydrogens is 327 g/mol. The van der Waals surface area contributed by atoms with Crippen molar-refractivity contribution in [1.29, 1.82) is 0 Å². The number of benzene rings is 1. The topological polar surface area (TPSA) is 77.3 Å². The summed E-state index contributed by atoms with van der Waals surface area (Å²) in [5, 5.41) is 13.1. The zero-order valence-corrected chi connectivity index (χ0v) is 12.6. The van der Waals surface area contributed by atoms with Gasteiger partial charge >= 0.3 is 6.18 Å². The number of pyridine rings is 1. The van der Waals surface area contributed by atoms with E-state index in [-0.39, 0.29) is 11.4 Å². The molecule has 0 fully saturated rings. The molecule has 2 rings (SSSR count). The number of anilines is 1. The monoisotopic (exact) mass is 341 g/mol. The normalized spacial score (nSPS) is 12.5. The van der Waals surface area contributed by atoms with Crippen LogP contribution in [0.5, 0.6) is 5.75 Å². The molecule has 128 valence electrons. The molecule has 0 aliphatic rings. The maximum Gasteiger partial charge on any atom is 0.405 e. The van der Waals surface area contributed by atoms with Crippen LogP contribution in [-0.4, -0.2) is 22.6 Å². The molecule has 1 atom stereocenters. The van der Waals surface area contributed by atoms with Crippen LogP contribution >= 0.6 is 0 Å². The second-order valence-electron chi connectivity index (χ2n) is 4.89. The van der Waals surface area contributed by atoms with Crippen LogP contribution in [-0.2, 0) is 0 Å². The first-order valence-electron chi connectivity index (χ1n) is 6.93. The molecule has 0 saturated carbocycles. The molecule has 9 heteroatoms. The van der Waals surface area contributed by atoms with E-state index in [1.807, 2.05) is 5.32 Å². The Hall–Kier alpha value is -2.84. The number of alkyl halides is 3. The molecule has 0 radical (unpaired) electrons. The zero-order chi connectivity index (χ0) is 17.7. The Balaban J connectivity index is 2.31. The van der Waals surface area contributed by atoms with Crippen LogP contribution in [0.25, 0.3) is 0 Å². The van der Waals surface area contributed by atoms with Crippen LogP contribution in [0.1, 0.15) is 18.7 Å². The summed E-state index contributed by atoms with van der Waals surface area (Å²) in [6.07, 6.45) is -3.57. The standard InChI is InChI=1S/C15H14F3N3O3/c1-10(11-5-2-3-8-19-11)24-13-7-4-6-12(21(22)23)14(13)20-9-15(16,17)18/h2-8,10,20H,9H2,1H3/t10-/m1/s1. The van der Waals surface area contributed by atoms with Gasteiger partial charge in [0.1, 0.15) is 12.6 Å². The van der Waals surface area contributed by atoms with Crippen molar-refractivity contribution in [3.05, 3.63) is 58.4 Å². The summed E-state index contributed by atoms with van der Waals surface area (Å²) in [5.74, 6) is -0.0494. The number of ether oxygens (including phenoxy) is 1. The molecule has 0 unspecified atom stereocenters. The van der Waals surface area contributed by atoms with Crippen molar-refractivity contribution >= 4 is 11.4 Å². The van der Waals surface area contributed by atoms with Gasteiger partial charge < -0.3 is 10.1 Å². The Morgan fingerprint density at radius 1 is 1.29 bits per heavy atom. The lowest BCUT2D eigenvalue weighted by Crippen LogP contribution is -2.22. The first kappa shape index (κ1) is 17.5. The van der Waals surface area contributed by atoms with Gasteiger partial charge in [-0.25, -0.2) is 0 Å². The van der Waals surface area contributed by atoms with Crippen LogP contribution in [0.3, 0.4) is 0 Å². The van der Waals surface area contributed by atoms with E-state index < -0.39 is 29.4 Å². The van der Waals surface area contributed by atoms with Crippen LogP contribution in [0.15, 0.2) is 42.6 Å². The molecule has 0 aliphatic heterocycles. The quantitative estimate of drug-likeness (QED) is 0.632. The Bertz CT molecular complexity index is 708. The van der Waals surface area contributed by atoms with Gasteiger partial charge in [0.25, 0.3) is 5.69 Å². The highest BCUT2D eigenvalue weighted by Crippen LogP contribution is 2.37. The summed E-state index contributed by atoms with van der Waals surface area (Å²) in [7, 11) is 0. The highest BCUT2D eigenvalue weighted by atomic mass is 19.4. The Morgan fingerprint density at radius 3 is 2.62 bits per heavy atom. The highest BCUT2D eigenvalue weighted by molar-refractivity contribution is 5.70. The van der Waals surface area contributed by atoms with E-state index in [4.69, 9.17) is 4.74 Å². The smallest absolute Gasteiger partial charge is 0.405 e. The lowest BCUT2D eigenvalue weighted by molar-refractivity contribution is -0.384. The number of nitrogens with one attached hydrogen (secondary N) is 1. The average Bonchev–Trinajstić information content (AvgIpc) is 2.53. The van der Waals surface area contributed by atoms with Gasteiger partial charge in [-0.2, -0.15) is 13.2 Å². The molecule has 24 heavy (non-hydrogen) atoms. The fraction of sp³-hybridized carbons (Fsp3) is 0.267. The summed E-state index contributed by atoms with van der Waals surface area (Å²) in [6.45, 7) is 0.237. The van der Waals surface area contributed by atoms with E-state index in [0.717, 1.165) is 6.07 Å². The van der Waals surface area contributed by atoms with Crippen LogP contribution < -0.4 is 10.1 Å². The lowest BCUT2D eigenvalue weighted by Gasteiger charge is -2.18. The van der Waals surface area contributed by atoms with Crippen LogP contribution in [0, 0.1) is 10.1 Å². The Kier molecular flexibility index (Phi) is 5.22. The number of hydrogen-bond acceptors (Lipinski definition) is 5. The molecular formula is C15H14F3N3O3. The first-order valence-corrected chi connectivity index (χ1v) is 6.93. The predicted molar refractivity (Wildman–Crippen MR) is 80.9 cm³/mol. The van der Waals surface area contributed by atoms with Gasteiger partial charge in [-0.3, -0.25) is 15.1 Å². The van der Waals surface area contributed by atoms with Crippen molar-refractivity contribution in [1.82, 2.24) is 4.98 Å². The fourth-order valence-corrected chi connectivity index (χ4v) is 2.00. The van der Waals surface area contributed by atoms with Gasteiger partial charge in [0.15, 0.2) is 11.4 Å². The first-order chi connectivity index (χ1) is 11.3. The van der Waals surface area contributed by atoms with Gasteiger partial charge in [-0.1, -0.05) is 12.1 Å². The third-order valence-corrected chi connectivity index (χ3v) is 3.07. The molecule has 1 aromatic carbocycles. The minimum Gasteiger partial charge on any atom is -0.482 e. The van der Waals surface area contributed by atoms with E-state index in [0.29, 0.717) is 5.69 Å². The molecule has 1 heterocycles. The lowest BCUT2D eigenvalue weighted by atomic mass is 10.2. The highest BCUT2D eigenvalue weighted by Gasteiger charge is 2.29. The molecule has 0 saturated heterocycles. The number of aromatic nitrogens is 1. The Morgan fingerprint density at radius 2 is 2.04 bits per heavy atom. The number of nitrogens with zero attached hydrogens (tertiary/aromatic N) is 2. The van der Waals surface area contributed by atoms with E-state index in [2.05, 4.69) is 4.98 Å². The van der Waals surface area contributed by atoms with Crippen LogP contribution in [0.4, 0.5) is 24.5 Å². The number of rotatable bonds is 6. The van der Waals surface area contributed by atoms with Gasteiger partial charge in [0.2, 0.25) is 0 Å². The zero-order valence-electron chi connectivity index (χ0n) is 12.6. The van der Waals surface area contributed by atoms with Crippen molar-refractivity contribution in [2.75, 3.05) is 11.9 Å². The molecule has 6 nitrogen and oxygen atoms in total. The molecule has 1 aromatic heterocycles. The molecule has 0 amide bonds. The van der Waals surface area contributed by atoms with Gasteiger partial charge in [-0.05, 0) is 25.1 Å². The molecule has 2 aromatic rings. The summed E-state index contributed by atoms with van der Waals surface area (Å²) in [4.78, 5) is 14.4. The minimum absolute atomic E-state index is 0.0494. The van der Waals surface area contributed by atoms with Crippen molar-refractivity contribution < 1.29 is 22.8 Å². The van der Waals surface area contributed by atoms with Gasteiger partial charge in [0, 0.05) is 12.3 Å². The Labute approximate surface area is 135 Å². The van der Waals surface area contributed by atoms with Crippen molar-refractivity contribution in [2.24, 2.45) is 0 Å². The minimum atomic E-state index is -4.52. The summed E-state index contributed by atoms with van der Waals surface area (Å²) < 4.78 is 42.9. The van der Waals surface area contributed by atoms with E-state index >= 15 is 0 Å². The van der Waals surface area contributed by atoms with E-state index in [1.54, 1.807) is 31.3 Å². The van der Waals surface area contributed by atoms with E-state index in [1.165, 1.54) is 12.1 Å². The second kappa shape index (κ2) is 7.16. The third-order valence-electron chi connectivity index (χ3n) is 3.07. The number of nitro groups is 1. The summed E-state index contributed by atoms with van der Waals surface area (Å²) >= 11 is 0. The molecule has 0 bridgehead atoms. The van der Waals surface area contributed by atoms with Crippen molar-refractivity contribution in [3.8, 4) is 5.75 Å². The number of nitro benzene ring substituents is 1. The third kappa shape index (κ3) is 4.58.